The van der Waals surface area contributed by atoms with E-state index in [1.165, 1.54) is 0 Å². The van der Waals surface area contributed by atoms with Gasteiger partial charge in [-0.2, -0.15) is 4.99 Å². The number of guanidine groups is 2. The van der Waals surface area contributed by atoms with Crippen LogP contribution in [0.2, 0.25) is 0 Å². The average molecular weight is 186 g/mol. The summed E-state index contributed by atoms with van der Waals surface area (Å²) >= 11 is 0. The number of aliphatic imine (C=N–C) groups is 2. The maximum absolute atomic E-state index is 10.8. The highest BCUT2D eigenvalue weighted by Gasteiger charge is 1.96. The summed E-state index contributed by atoms with van der Waals surface area (Å²) in [7, 11) is 0. The normalized spacial score (nSPS) is 10.7. The molecule has 0 aromatic rings. The summed E-state index contributed by atoms with van der Waals surface area (Å²) in [5.41, 5.74) is 15.3. The van der Waals surface area contributed by atoms with Gasteiger partial charge in [-0.3, -0.25) is 4.79 Å². The second-order valence-electron chi connectivity index (χ2n) is 2.16. The molecule has 0 aliphatic rings. The number of amides is 1. The van der Waals surface area contributed by atoms with Gasteiger partial charge in [-0.25, -0.2) is 4.99 Å². The molecule has 0 unspecified atom stereocenters. The van der Waals surface area contributed by atoms with Crippen LogP contribution < -0.4 is 22.5 Å². The number of rotatable bonds is 3. The van der Waals surface area contributed by atoms with Crippen molar-refractivity contribution in [3.63, 3.8) is 0 Å². The zero-order valence-electron chi connectivity index (χ0n) is 7.45. The molecule has 13 heavy (non-hydrogen) atoms. The molecule has 74 valence electrons. The minimum absolute atomic E-state index is 0.0730. The first-order valence-electron chi connectivity index (χ1n) is 3.72. The first kappa shape index (κ1) is 11.2. The molecule has 0 aliphatic carbocycles. The second-order valence-corrected chi connectivity index (χ2v) is 2.16. The predicted molar refractivity (Wildman–Crippen MR) is 51.0 cm³/mol. The number of hydrogen-bond acceptors (Lipinski definition) is 2. The van der Waals surface area contributed by atoms with Crippen LogP contribution in [0, 0.1) is 0 Å². The van der Waals surface area contributed by atoms with Gasteiger partial charge in [-0.05, 0) is 6.92 Å². The van der Waals surface area contributed by atoms with Crippen LogP contribution in [-0.2, 0) is 4.79 Å². The van der Waals surface area contributed by atoms with Crippen molar-refractivity contribution in [1.82, 2.24) is 5.32 Å². The SMILES string of the molecule is CCNC(=O)CN=C(N)N=C(N)N. The Bertz CT molecular complexity index is 229. The molecule has 0 aliphatic heterocycles. The van der Waals surface area contributed by atoms with Crippen LogP contribution in [0.4, 0.5) is 0 Å². The largest absolute Gasteiger partial charge is 0.370 e. The number of hydrogen-bond donors (Lipinski definition) is 4. The van der Waals surface area contributed by atoms with Crippen LogP contribution in [0.1, 0.15) is 6.92 Å². The fourth-order valence-electron chi connectivity index (χ4n) is 0.573. The number of nitrogens with two attached hydrogens (primary N) is 3. The summed E-state index contributed by atoms with van der Waals surface area (Å²) in [6, 6.07) is 0. The average Bonchev–Trinajstić information content (AvgIpc) is 2.00. The highest BCUT2D eigenvalue weighted by molar-refractivity contribution is 5.93. The Balaban J connectivity index is 3.97. The van der Waals surface area contributed by atoms with E-state index in [1.807, 2.05) is 0 Å². The standard InChI is InChI=1S/C6H14N6O/c1-2-10-4(13)3-11-6(9)12-5(7)8/h2-3H2,1H3,(H,10,13)(H6,7,8,9,11,12). The molecule has 1 amide bonds. The van der Waals surface area contributed by atoms with Gasteiger partial charge in [0.25, 0.3) is 0 Å². The Labute approximate surface area is 76.1 Å². The second kappa shape index (κ2) is 5.81. The summed E-state index contributed by atoms with van der Waals surface area (Å²) in [6.45, 7) is 2.29. The molecule has 0 rings (SSSR count). The Morgan fingerprint density at radius 3 is 2.46 bits per heavy atom. The molecule has 0 saturated heterocycles. The maximum atomic E-state index is 10.8. The van der Waals surface area contributed by atoms with Crippen molar-refractivity contribution < 1.29 is 4.79 Å². The van der Waals surface area contributed by atoms with E-state index in [4.69, 9.17) is 17.2 Å². The number of nitrogens with one attached hydrogen (secondary N) is 1. The quantitative estimate of drug-likeness (QED) is 0.291. The molecule has 0 fully saturated rings. The number of carbonyl (C=O) groups is 1. The van der Waals surface area contributed by atoms with Gasteiger partial charge >= 0.3 is 0 Å². The van der Waals surface area contributed by atoms with E-state index >= 15 is 0 Å². The van der Waals surface area contributed by atoms with E-state index in [-0.39, 0.29) is 24.4 Å². The lowest BCUT2D eigenvalue weighted by molar-refractivity contribution is -0.119. The van der Waals surface area contributed by atoms with Crippen molar-refractivity contribution in [2.45, 2.75) is 6.92 Å². The van der Waals surface area contributed by atoms with Crippen molar-refractivity contribution in [3.8, 4) is 0 Å². The lowest BCUT2D eigenvalue weighted by atomic mass is 10.6. The third kappa shape index (κ3) is 6.60. The molecule has 0 aromatic carbocycles. The number of likely N-dealkylation sites (N-methyl/N-ethyl adjacent to an activating group) is 1. The van der Waals surface area contributed by atoms with Gasteiger partial charge in [0.05, 0.1) is 0 Å². The maximum Gasteiger partial charge on any atom is 0.241 e. The third-order valence-electron chi connectivity index (χ3n) is 1.00. The Morgan fingerprint density at radius 2 is 2.00 bits per heavy atom. The topological polar surface area (TPSA) is 132 Å². The van der Waals surface area contributed by atoms with E-state index in [0.29, 0.717) is 6.54 Å². The van der Waals surface area contributed by atoms with Crippen LogP contribution in [0.15, 0.2) is 9.98 Å². The predicted octanol–water partition coefficient (Wildman–Crippen LogP) is -2.29. The first-order valence-corrected chi connectivity index (χ1v) is 3.72. The van der Waals surface area contributed by atoms with Crippen molar-refractivity contribution >= 4 is 17.8 Å². The Kier molecular flexibility index (Phi) is 5.01. The third-order valence-corrected chi connectivity index (χ3v) is 1.00. The minimum atomic E-state index is -0.226. The summed E-state index contributed by atoms with van der Waals surface area (Å²) in [5, 5.41) is 2.54. The van der Waals surface area contributed by atoms with Gasteiger partial charge in [0, 0.05) is 6.54 Å². The molecule has 0 heterocycles. The van der Waals surface area contributed by atoms with Crippen LogP contribution in [-0.4, -0.2) is 30.9 Å². The lowest BCUT2D eigenvalue weighted by Gasteiger charge is -1.97. The molecule has 0 aromatic heterocycles. The van der Waals surface area contributed by atoms with Gasteiger partial charge in [0.15, 0.2) is 5.96 Å². The van der Waals surface area contributed by atoms with Crippen LogP contribution >= 0.6 is 0 Å². The van der Waals surface area contributed by atoms with Crippen LogP contribution in [0.5, 0.6) is 0 Å². The highest BCUT2D eigenvalue weighted by atomic mass is 16.1. The van der Waals surface area contributed by atoms with Gasteiger partial charge < -0.3 is 22.5 Å². The van der Waals surface area contributed by atoms with Gasteiger partial charge in [-0.15, -0.1) is 0 Å². The first-order chi connectivity index (χ1) is 6.06. The Hall–Kier alpha value is -1.79. The summed E-state index contributed by atoms with van der Waals surface area (Å²) in [4.78, 5) is 17.9. The smallest absolute Gasteiger partial charge is 0.241 e. The van der Waals surface area contributed by atoms with Crippen LogP contribution in [0.25, 0.3) is 0 Å². The Morgan fingerprint density at radius 1 is 1.38 bits per heavy atom. The van der Waals surface area contributed by atoms with Gasteiger partial charge in [0.1, 0.15) is 6.54 Å². The fraction of sp³-hybridized carbons (Fsp3) is 0.500. The molecular weight excluding hydrogens is 172 g/mol. The monoisotopic (exact) mass is 186 g/mol. The molecule has 0 radical (unpaired) electrons. The van der Waals surface area contributed by atoms with Crippen LogP contribution in [0.3, 0.4) is 0 Å². The number of carbonyl (C=O) groups excluding carboxylic acids is 1. The summed E-state index contributed by atoms with van der Waals surface area (Å²) in [6.07, 6.45) is 0. The molecule has 0 spiro atoms. The van der Waals surface area contributed by atoms with E-state index in [9.17, 15) is 4.79 Å². The lowest BCUT2D eigenvalue weighted by Crippen LogP contribution is -2.28. The van der Waals surface area contributed by atoms with Crippen molar-refractivity contribution in [2.75, 3.05) is 13.1 Å². The molecule has 7 N–H and O–H groups in total. The fourth-order valence-corrected chi connectivity index (χ4v) is 0.573. The van der Waals surface area contributed by atoms with Crippen molar-refractivity contribution in [1.29, 1.82) is 0 Å². The molecule has 0 bridgehead atoms. The van der Waals surface area contributed by atoms with Crippen molar-refractivity contribution in [2.24, 2.45) is 27.2 Å². The van der Waals surface area contributed by atoms with E-state index in [2.05, 4.69) is 15.3 Å². The number of nitrogens with zero attached hydrogens (tertiary/aromatic N) is 2. The molecule has 7 heteroatoms. The van der Waals surface area contributed by atoms with E-state index in [0.717, 1.165) is 0 Å². The highest BCUT2D eigenvalue weighted by Crippen LogP contribution is 1.74. The molecule has 7 nitrogen and oxygen atoms in total. The summed E-state index contributed by atoms with van der Waals surface area (Å²) < 4.78 is 0. The molecule has 0 atom stereocenters. The molecular formula is C6H14N6O. The minimum Gasteiger partial charge on any atom is -0.370 e. The van der Waals surface area contributed by atoms with Gasteiger partial charge in [-0.1, -0.05) is 0 Å². The molecule has 0 saturated carbocycles. The van der Waals surface area contributed by atoms with E-state index < -0.39 is 0 Å². The zero-order chi connectivity index (χ0) is 10.3. The zero-order valence-corrected chi connectivity index (χ0v) is 7.45. The van der Waals surface area contributed by atoms with Crippen molar-refractivity contribution in [3.05, 3.63) is 0 Å². The van der Waals surface area contributed by atoms with Gasteiger partial charge in [0.2, 0.25) is 11.9 Å². The summed E-state index contributed by atoms with van der Waals surface area (Å²) in [5.74, 6) is -0.514. The van der Waals surface area contributed by atoms with E-state index in [1.54, 1.807) is 6.92 Å².